The summed E-state index contributed by atoms with van der Waals surface area (Å²) in [6.45, 7) is 1.90. The second-order valence-corrected chi connectivity index (χ2v) is 4.91. The summed E-state index contributed by atoms with van der Waals surface area (Å²) in [5, 5.41) is -0.873. The maximum atomic E-state index is 13.6. The van der Waals surface area contributed by atoms with E-state index in [1.54, 1.807) is 0 Å². The van der Waals surface area contributed by atoms with Crippen LogP contribution in [0, 0.1) is 24.4 Å². The Bertz CT molecular complexity index is 573. The van der Waals surface area contributed by atoms with Crippen LogP contribution in [0.5, 0.6) is 0 Å². The Morgan fingerprint density at radius 3 is 2.21 bits per heavy atom. The molecule has 0 saturated heterocycles. The predicted octanol–water partition coefficient (Wildman–Crippen LogP) is 4.93. The van der Waals surface area contributed by atoms with Crippen LogP contribution in [-0.2, 0) is 6.42 Å². The van der Waals surface area contributed by atoms with Crippen LogP contribution in [0.4, 0.5) is 13.2 Å². The largest absolute Gasteiger partial charge is 0.207 e. The van der Waals surface area contributed by atoms with Crippen LogP contribution < -0.4 is 0 Å². The Labute approximate surface area is 114 Å². The van der Waals surface area contributed by atoms with Gasteiger partial charge in [-0.05, 0) is 24.5 Å². The molecule has 2 aromatic carbocycles. The fourth-order valence-electron chi connectivity index (χ4n) is 1.99. The monoisotopic (exact) mass is 284 g/mol. The molecule has 0 radical (unpaired) electrons. The highest BCUT2D eigenvalue weighted by molar-refractivity contribution is 6.21. The molecule has 0 spiro atoms. The van der Waals surface area contributed by atoms with Gasteiger partial charge in [0.15, 0.2) is 0 Å². The van der Waals surface area contributed by atoms with Gasteiger partial charge in [-0.15, -0.1) is 11.6 Å². The Morgan fingerprint density at radius 1 is 1.05 bits per heavy atom. The molecule has 19 heavy (non-hydrogen) atoms. The van der Waals surface area contributed by atoms with E-state index in [9.17, 15) is 13.2 Å². The molecule has 0 aliphatic heterocycles. The van der Waals surface area contributed by atoms with Gasteiger partial charge in [-0.2, -0.15) is 0 Å². The molecular formula is C15H12ClF3. The average Bonchev–Trinajstić information content (AvgIpc) is 2.30. The molecule has 1 unspecified atom stereocenters. The Kier molecular flexibility index (Phi) is 4.15. The molecule has 4 heteroatoms. The molecule has 2 aromatic rings. The normalized spacial score (nSPS) is 12.5. The maximum Gasteiger partial charge on any atom is 0.133 e. The van der Waals surface area contributed by atoms with E-state index in [2.05, 4.69) is 0 Å². The lowest BCUT2D eigenvalue weighted by molar-refractivity contribution is 0.520. The highest BCUT2D eigenvalue weighted by Crippen LogP contribution is 2.30. The minimum absolute atomic E-state index is 0.285. The molecule has 0 aliphatic rings. The molecule has 100 valence electrons. The summed E-state index contributed by atoms with van der Waals surface area (Å²) in [4.78, 5) is 0. The van der Waals surface area contributed by atoms with Crippen LogP contribution in [0.1, 0.15) is 22.1 Å². The maximum absolute atomic E-state index is 13.6. The van der Waals surface area contributed by atoms with Crippen molar-refractivity contribution in [2.24, 2.45) is 0 Å². The molecular weight excluding hydrogens is 273 g/mol. The molecule has 0 saturated carbocycles. The number of rotatable bonds is 3. The highest BCUT2D eigenvalue weighted by Gasteiger charge is 2.20. The van der Waals surface area contributed by atoms with Crippen molar-refractivity contribution in [3.8, 4) is 0 Å². The van der Waals surface area contributed by atoms with Crippen LogP contribution in [0.25, 0.3) is 0 Å². The van der Waals surface area contributed by atoms with Gasteiger partial charge in [-0.25, -0.2) is 13.2 Å². The summed E-state index contributed by atoms with van der Waals surface area (Å²) in [5.74, 6) is -2.85. The highest BCUT2D eigenvalue weighted by atomic mass is 35.5. The van der Waals surface area contributed by atoms with E-state index < -0.39 is 22.8 Å². The lowest BCUT2D eigenvalue weighted by Crippen LogP contribution is -2.04. The van der Waals surface area contributed by atoms with Gasteiger partial charge in [0.05, 0.1) is 5.38 Å². The van der Waals surface area contributed by atoms with Crippen LogP contribution in [-0.4, -0.2) is 0 Å². The zero-order valence-electron chi connectivity index (χ0n) is 10.3. The molecule has 1 atom stereocenters. The third-order valence-electron chi connectivity index (χ3n) is 3.02. The summed E-state index contributed by atoms with van der Waals surface area (Å²) in [7, 11) is 0. The first-order valence-electron chi connectivity index (χ1n) is 5.82. The predicted molar refractivity (Wildman–Crippen MR) is 69.8 cm³/mol. The smallest absolute Gasteiger partial charge is 0.133 e. The van der Waals surface area contributed by atoms with Gasteiger partial charge in [0.2, 0.25) is 0 Å². The van der Waals surface area contributed by atoms with E-state index >= 15 is 0 Å². The van der Waals surface area contributed by atoms with Gasteiger partial charge in [0, 0.05) is 17.7 Å². The SMILES string of the molecule is Cc1ccccc1CC(Cl)c1c(F)cc(F)cc1F. The molecule has 0 amide bonds. The summed E-state index contributed by atoms with van der Waals surface area (Å²) in [5.41, 5.74) is 1.62. The zero-order chi connectivity index (χ0) is 14.0. The second-order valence-electron chi connectivity index (χ2n) is 4.38. The first-order valence-corrected chi connectivity index (χ1v) is 6.25. The van der Waals surface area contributed by atoms with Gasteiger partial charge in [0.1, 0.15) is 17.5 Å². The minimum Gasteiger partial charge on any atom is -0.207 e. The third kappa shape index (κ3) is 3.10. The van der Waals surface area contributed by atoms with Crippen molar-refractivity contribution >= 4 is 11.6 Å². The summed E-state index contributed by atoms with van der Waals surface area (Å²) < 4.78 is 40.0. The molecule has 0 bridgehead atoms. The minimum atomic E-state index is -0.953. The number of hydrogen-bond donors (Lipinski definition) is 0. The van der Waals surface area contributed by atoms with E-state index in [4.69, 9.17) is 11.6 Å². The van der Waals surface area contributed by atoms with Crippen molar-refractivity contribution in [1.82, 2.24) is 0 Å². The van der Waals surface area contributed by atoms with E-state index in [1.165, 1.54) is 0 Å². The van der Waals surface area contributed by atoms with E-state index in [0.29, 0.717) is 12.1 Å². The Morgan fingerprint density at radius 2 is 1.63 bits per heavy atom. The van der Waals surface area contributed by atoms with Crippen LogP contribution in [0.15, 0.2) is 36.4 Å². The standard InChI is InChI=1S/C15H12ClF3/c1-9-4-2-3-5-10(9)6-12(16)15-13(18)7-11(17)8-14(15)19/h2-5,7-8,12H,6H2,1H3. The lowest BCUT2D eigenvalue weighted by Gasteiger charge is -2.13. The molecule has 0 nitrogen and oxygen atoms in total. The Hall–Kier alpha value is -1.48. The topological polar surface area (TPSA) is 0 Å². The average molecular weight is 285 g/mol. The molecule has 0 N–H and O–H groups in total. The van der Waals surface area contributed by atoms with Crippen LogP contribution in [0.2, 0.25) is 0 Å². The molecule has 0 heterocycles. The quantitative estimate of drug-likeness (QED) is 0.701. The fourth-order valence-corrected chi connectivity index (χ4v) is 2.36. The molecule has 2 rings (SSSR count). The van der Waals surface area contributed by atoms with Crippen molar-refractivity contribution in [1.29, 1.82) is 0 Å². The number of hydrogen-bond acceptors (Lipinski definition) is 0. The first-order chi connectivity index (χ1) is 8.99. The second kappa shape index (κ2) is 5.66. The van der Waals surface area contributed by atoms with Gasteiger partial charge >= 0.3 is 0 Å². The number of alkyl halides is 1. The van der Waals surface area contributed by atoms with Crippen molar-refractivity contribution < 1.29 is 13.2 Å². The number of aryl methyl sites for hydroxylation is 1. The fraction of sp³-hybridized carbons (Fsp3) is 0.200. The number of benzene rings is 2. The van der Waals surface area contributed by atoms with Gasteiger partial charge in [0.25, 0.3) is 0 Å². The van der Waals surface area contributed by atoms with Crippen molar-refractivity contribution in [2.45, 2.75) is 18.7 Å². The molecule has 0 fully saturated rings. The molecule has 0 aliphatic carbocycles. The zero-order valence-corrected chi connectivity index (χ0v) is 11.0. The molecule has 0 aromatic heterocycles. The first kappa shape index (κ1) is 13.9. The van der Waals surface area contributed by atoms with Crippen molar-refractivity contribution in [2.75, 3.05) is 0 Å². The Balaban J connectivity index is 2.31. The van der Waals surface area contributed by atoms with Crippen LogP contribution in [0.3, 0.4) is 0 Å². The number of halogens is 4. The van der Waals surface area contributed by atoms with E-state index in [-0.39, 0.29) is 12.0 Å². The summed E-state index contributed by atoms with van der Waals surface area (Å²) in [6, 6.07) is 8.75. The van der Waals surface area contributed by atoms with Crippen molar-refractivity contribution in [3.05, 3.63) is 70.5 Å². The lowest BCUT2D eigenvalue weighted by atomic mass is 9.99. The summed E-state index contributed by atoms with van der Waals surface area (Å²) >= 11 is 6.07. The van der Waals surface area contributed by atoms with Gasteiger partial charge in [-0.1, -0.05) is 24.3 Å². The summed E-state index contributed by atoms with van der Waals surface area (Å²) in [6.07, 6.45) is 0.285. The van der Waals surface area contributed by atoms with E-state index in [0.717, 1.165) is 11.1 Å². The van der Waals surface area contributed by atoms with Crippen molar-refractivity contribution in [3.63, 3.8) is 0 Å². The van der Waals surface area contributed by atoms with Gasteiger partial charge < -0.3 is 0 Å². The van der Waals surface area contributed by atoms with Gasteiger partial charge in [-0.3, -0.25) is 0 Å². The van der Waals surface area contributed by atoms with E-state index in [1.807, 2.05) is 31.2 Å². The third-order valence-corrected chi connectivity index (χ3v) is 3.39. The van der Waals surface area contributed by atoms with Crippen LogP contribution >= 0.6 is 11.6 Å².